The molecular weight excluding hydrogens is 212 g/mol. The Bertz CT molecular complexity index is 428. The van der Waals surface area contributed by atoms with E-state index in [0.717, 1.165) is 12.0 Å². The normalized spacial score (nSPS) is 20.0. The highest BCUT2D eigenvalue weighted by Crippen LogP contribution is 2.14. The van der Waals surface area contributed by atoms with E-state index in [-0.39, 0.29) is 11.9 Å². The monoisotopic (exact) mass is 222 g/mol. The lowest BCUT2D eigenvalue weighted by Gasteiger charge is -2.00. The van der Waals surface area contributed by atoms with Crippen molar-refractivity contribution in [2.24, 2.45) is 4.99 Å². The van der Waals surface area contributed by atoms with Crippen LogP contribution in [0.4, 0.5) is 0 Å². The molecule has 0 saturated heterocycles. The number of amides is 1. The standard InChI is InChI=1S/C11H11ClN2O/c1-2-9-11(15)14-10(13-9)7-4-3-5-8(12)6-7/h3-6,9H,2H2,1H3,(H,13,14,15). The number of hydrogen-bond donors (Lipinski definition) is 1. The van der Waals surface area contributed by atoms with Crippen molar-refractivity contribution in [1.29, 1.82) is 0 Å². The van der Waals surface area contributed by atoms with E-state index in [2.05, 4.69) is 10.3 Å². The van der Waals surface area contributed by atoms with Crippen molar-refractivity contribution in [3.63, 3.8) is 0 Å². The summed E-state index contributed by atoms with van der Waals surface area (Å²) >= 11 is 5.86. The van der Waals surface area contributed by atoms with Crippen molar-refractivity contribution in [3.8, 4) is 0 Å². The number of nitrogens with one attached hydrogen (secondary N) is 1. The van der Waals surface area contributed by atoms with E-state index in [1.165, 1.54) is 0 Å². The second kappa shape index (κ2) is 4.03. The minimum atomic E-state index is -0.251. The summed E-state index contributed by atoms with van der Waals surface area (Å²) in [4.78, 5) is 15.7. The molecule has 1 heterocycles. The minimum Gasteiger partial charge on any atom is -0.309 e. The Balaban J connectivity index is 2.30. The summed E-state index contributed by atoms with van der Waals surface area (Å²) in [5, 5.41) is 3.39. The van der Waals surface area contributed by atoms with Crippen molar-refractivity contribution in [2.75, 3.05) is 0 Å². The van der Waals surface area contributed by atoms with Gasteiger partial charge in [0.1, 0.15) is 11.9 Å². The van der Waals surface area contributed by atoms with Gasteiger partial charge in [0.05, 0.1) is 0 Å². The third-order valence-electron chi connectivity index (χ3n) is 2.31. The fourth-order valence-corrected chi connectivity index (χ4v) is 1.70. The van der Waals surface area contributed by atoms with Crippen molar-refractivity contribution in [1.82, 2.24) is 5.32 Å². The fourth-order valence-electron chi connectivity index (χ4n) is 1.51. The molecule has 1 amide bonds. The molecule has 0 spiro atoms. The van der Waals surface area contributed by atoms with Gasteiger partial charge in [-0.05, 0) is 18.6 Å². The molecule has 1 N–H and O–H groups in total. The van der Waals surface area contributed by atoms with E-state index < -0.39 is 0 Å². The smallest absolute Gasteiger partial charge is 0.250 e. The molecule has 0 radical (unpaired) electrons. The number of amidine groups is 1. The van der Waals surface area contributed by atoms with Crippen molar-refractivity contribution in [2.45, 2.75) is 19.4 Å². The van der Waals surface area contributed by atoms with Crippen LogP contribution < -0.4 is 5.32 Å². The predicted molar refractivity (Wildman–Crippen MR) is 60.2 cm³/mol. The van der Waals surface area contributed by atoms with Crippen LogP contribution in [0.5, 0.6) is 0 Å². The van der Waals surface area contributed by atoms with Crippen LogP contribution in [0.1, 0.15) is 18.9 Å². The van der Waals surface area contributed by atoms with Crippen LogP contribution in [0.3, 0.4) is 0 Å². The molecule has 0 aromatic heterocycles. The topological polar surface area (TPSA) is 41.5 Å². The lowest BCUT2D eigenvalue weighted by molar-refractivity contribution is -0.120. The third-order valence-corrected chi connectivity index (χ3v) is 2.55. The zero-order valence-electron chi connectivity index (χ0n) is 8.33. The molecule has 15 heavy (non-hydrogen) atoms. The van der Waals surface area contributed by atoms with Gasteiger partial charge in [0.2, 0.25) is 5.91 Å². The summed E-state index contributed by atoms with van der Waals surface area (Å²) in [6, 6.07) is 7.05. The molecule has 1 aliphatic heterocycles. The van der Waals surface area contributed by atoms with E-state index in [1.807, 2.05) is 19.1 Å². The zero-order chi connectivity index (χ0) is 10.8. The van der Waals surface area contributed by atoms with Crippen LogP contribution in [-0.2, 0) is 4.79 Å². The number of carbonyl (C=O) groups excluding carboxylic acids is 1. The zero-order valence-corrected chi connectivity index (χ0v) is 9.08. The summed E-state index contributed by atoms with van der Waals surface area (Å²) < 4.78 is 0. The van der Waals surface area contributed by atoms with Gasteiger partial charge < -0.3 is 5.32 Å². The largest absolute Gasteiger partial charge is 0.309 e. The van der Waals surface area contributed by atoms with Gasteiger partial charge in [-0.1, -0.05) is 30.7 Å². The highest BCUT2D eigenvalue weighted by molar-refractivity contribution is 6.31. The van der Waals surface area contributed by atoms with Gasteiger partial charge in [-0.25, -0.2) is 0 Å². The van der Waals surface area contributed by atoms with Gasteiger partial charge in [0.15, 0.2) is 0 Å². The molecule has 1 aliphatic rings. The molecule has 78 valence electrons. The number of rotatable bonds is 2. The van der Waals surface area contributed by atoms with Crippen LogP contribution in [0.15, 0.2) is 29.3 Å². The van der Waals surface area contributed by atoms with Crippen molar-refractivity contribution >= 4 is 23.3 Å². The Morgan fingerprint density at radius 3 is 2.93 bits per heavy atom. The molecule has 0 aliphatic carbocycles. The Hall–Kier alpha value is -1.35. The first kappa shape index (κ1) is 10.2. The SMILES string of the molecule is CCC1N=C(c2cccc(Cl)c2)NC1=O. The lowest BCUT2D eigenvalue weighted by atomic mass is 10.2. The minimum absolute atomic E-state index is 0.0347. The molecule has 1 aromatic carbocycles. The summed E-state index contributed by atoms with van der Waals surface area (Å²) in [5.41, 5.74) is 0.854. The number of halogens is 1. The highest BCUT2D eigenvalue weighted by atomic mass is 35.5. The molecule has 4 heteroatoms. The maximum absolute atomic E-state index is 11.4. The van der Waals surface area contributed by atoms with E-state index >= 15 is 0 Å². The number of carbonyl (C=O) groups is 1. The van der Waals surface area contributed by atoms with Gasteiger partial charge in [-0.3, -0.25) is 9.79 Å². The molecule has 1 aromatic rings. The van der Waals surface area contributed by atoms with Gasteiger partial charge in [-0.2, -0.15) is 0 Å². The number of benzene rings is 1. The predicted octanol–water partition coefficient (Wildman–Crippen LogP) is 1.99. The summed E-state index contributed by atoms with van der Waals surface area (Å²) in [6.07, 6.45) is 0.718. The van der Waals surface area contributed by atoms with E-state index in [0.29, 0.717) is 10.9 Å². The summed E-state index contributed by atoms with van der Waals surface area (Å²) in [7, 11) is 0. The van der Waals surface area contributed by atoms with Crippen LogP contribution in [-0.4, -0.2) is 17.8 Å². The van der Waals surface area contributed by atoms with Gasteiger partial charge in [0.25, 0.3) is 0 Å². The molecular formula is C11H11ClN2O. The lowest BCUT2D eigenvalue weighted by Crippen LogP contribution is -2.28. The second-order valence-electron chi connectivity index (χ2n) is 3.40. The van der Waals surface area contributed by atoms with Crippen LogP contribution in [0, 0.1) is 0 Å². The summed E-state index contributed by atoms with van der Waals surface area (Å²) in [5.74, 6) is 0.585. The third kappa shape index (κ3) is 2.02. The average molecular weight is 223 g/mol. The first-order valence-corrected chi connectivity index (χ1v) is 5.23. The number of nitrogens with zero attached hydrogens (tertiary/aromatic N) is 1. The Morgan fingerprint density at radius 2 is 2.33 bits per heavy atom. The van der Waals surface area contributed by atoms with Crippen LogP contribution in [0.2, 0.25) is 5.02 Å². The van der Waals surface area contributed by atoms with Crippen molar-refractivity contribution in [3.05, 3.63) is 34.9 Å². The molecule has 0 saturated carbocycles. The van der Waals surface area contributed by atoms with Gasteiger partial charge >= 0.3 is 0 Å². The quantitative estimate of drug-likeness (QED) is 0.817. The Morgan fingerprint density at radius 1 is 1.53 bits per heavy atom. The molecule has 3 nitrogen and oxygen atoms in total. The van der Waals surface area contributed by atoms with Crippen molar-refractivity contribution < 1.29 is 4.79 Å². The molecule has 1 unspecified atom stereocenters. The van der Waals surface area contributed by atoms with Gasteiger partial charge in [0, 0.05) is 10.6 Å². The first-order chi connectivity index (χ1) is 7.20. The van der Waals surface area contributed by atoms with Crippen LogP contribution in [0.25, 0.3) is 0 Å². The van der Waals surface area contributed by atoms with E-state index in [9.17, 15) is 4.79 Å². The maximum Gasteiger partial charge on any atom is 0.250 e. The number of aliphatic imine (C=N–C) groups is 1. The molecule has 0 bridgehead atoms. The molecule has 2 rings (SSSR count). The maximum atomic E-state index is 11.4. The highest BCUT2D eigenvalue weighted by Gasteiger charge is 2.24. The average Bonchev–Trinajstić information content (AvgIpc) is 2.60. The Labute approximate surface area is 93.2 Å². The Kier molecular flexibility index (Phi) is 2.73. The van der Waals surface area contributed by atoms with E-state index in [4.69, 9.17) is 11.6 Å². The first-order valence-electron chi connectivity index (χ1n) is 4.85. The molecule has 1 atom stereocenters. The number of hydrogen-bond acceptors (Lipinski definition) is 2. The van der Waals surface area contributed by atoms with Gasteiger partial charge in [-0.15, -0.1) is 0 Å². The fraction of sp³-hybridized carbons (Fsp3) is 0.273. The van der Waals surface area contributed by atoms with E-state index in [1.54, 1.807) is 12.1 Å². The summed E-state index contributed by atoms with van der Waals surface area (Å²) in [6.45, 7) is 1.94. The molecule has 0 fully saturated rings. The van der Waals surface area contributed by atoms with Crippen LogP contribution >= 0.6 is 11.6 Å². The second-order valence-corrected chi connectivity index (χ2v) is 3.84.